The first kappa shape index (κ1) is 10.4. The average Bonchev–Trinajstić information content (AvgIpc) is 1.96. The van der Waals surface area contributed by atoms with Crippen molar-refractivity contribution < 1.29 is 0 Å². The molecule has 0 N–H and O–H groups in total. The van der Waals surface area contributed by atoms with Gasteiger partial charge in [-0.3, -0.25) is 0 Å². The molecular formula is C9H9BrCl2. The van der Waals surface area contributed by atoms with Gasteiger partial charge in [0.2, 0.25) is 0 Å². The molecule has 12 heavy (non-hydrogen) atoms. The quantitative estimate of drug-likeness (QED) is 0.637. The lowest BCUT2D eigenvalue weighted by Gasteiger charge is -2.09. The summed E-state index contributed by atoms with van der Waals surface area (Å²) < 4.78 is 0.948. The van der Waals surface area contributed by atoms with Crippen molar-refractivity contribution >= 4 is 39.1 Å². The van der Waals surface area contributed by atoms with Crippen LogP contribution in [0, 0.1) is 0 Å². The summed E-state index contributed by atoms with van der Waals surface area (Å²) in [5.41, 5.74) is 1.15. The van der Waals surface area contributed by atoms with E-state index in [2.05, 4.69) is 29.8 Å². The summed E-state index contributed by atoms with van der Waals surface area (Å²) in [4.78, 5) is 0. The zero-order chi connectivity index (χ0) is 9.30. The van der Waals surface area contributed by atoms with E-state index < -0.39 is 0 Å². The van der Waals surface area contributed by atoms with Gasteiger partial charge in [0, 0.05) is 9.50 Å². The average molecular weight is 268 g/mol. The second-order valence-corrected chi connectivity index (χ2v) is 4.58. The van der Waals surface area contributed by atoms with Gasteiger partial charge >= 0.3 is 0 Å². The van der Waals surface area contributed by atoms with Crippen LogP contribution in [0.2, 0.25) is 10.0 Å². The van der Waals surface area contributed by atoms with Crippen LogP contribution in [0.4, 0.5) is 0 Å². The van der Waals surface area contributed by atoms with Crippen molar-refractivity contribution in [1.29, 1.82) is 0 Å². The van der Waals surface area contributed by atoms with E-state index in [4.69, 9.17) is 23.2 Å². The SMILES string of the molecule is CC(C)c1cc(Cl)cc(Cl)c1Br. The van der Waals surface area contributed by atoms with Gasteiger partial charge in [-0.25, -0.2) is 0 Å². The fraction of sp³-hybridized carbons (Fsp3) is 0.333. The van der Waals surface area contributed by atoms with Crippen LogP contribution in [0.25, 0.3) is 0 Å². The number of benzene rings is 1. The fourth-order valence-electron chi connectivity index (χ4n) is 0.996. The third kappa shape index (κ3) is 2.15. The van der Waals surface area contributed by atoms with E-state index in [0.717, 1.165) is 10.0 Å². The Bertz CT molecular complexity index is 295. The Kier molecular flexibility index (Phi) is 3.45. The van der Waals surface area contributed by atoms with E-state index in [1.807, 2.05) is 6.07 Å². The van der Waals surface area contributed by atoms with Crippen LogP contribution in [-0.4, -0.2) is 0 Å². The van der Waals surface area contributed by atoms with Gasteiger partial charge in [-0.15, -0.1) is 0 Å². The summed E-state index contributed by atoms with van der Waals surface area (Å²) in [7, 11) is 0. The highest BCUT2D eigenvalue weighted by Crippen LogP contribution is 2.33. The minimum absolute atomic E-state index is 0.426. The molecule has 1 rings (SSSR count). The van der Waals surface area contributed by atoms with E-state index in [1.54, 1.807) is 6.07 Å². The van der Waals surface area contributed by atoms with Gasteiger partial charge in [-0.1, -0.05) is 37.0 Å². The highest BCUT2D eigenvalue weighted by Gasteiger charge is 2.08. The molecule has 0 heterocycles. The van der Waals surface area contributed by atoms with Crippen LogP contribution in [0.15, 0.2) is 16.6 Å². The van der Waals surface area contributed by atoms with Gasteiger partial charge in [0.15, 0.2) is 0 Å². The maximum absolute atomic E-state index is 5.93. The van der Waals surface area contributed by atoms with Crippen LogP contribution >= 0.6 is 39.1 Å². The molecule has 0 atom stereocenters. The Labute approximate surface area is 91.0 Å². The van der Waals surface area contributed by atoms with E-state index >= 15 is 0 Å². The molecule has 0 unspecified atom stereocenters. The molecule has 1 aromatic rings. The third-order valence-corrected chi connectivity index (χ3v) is 3.27. The molecule has 0 aliphatic heterocycles. The molecule has 0 aliphatic carbocycles. The molecule has 0 saturated heterocycles. The lowest BCUT2D eigenvalue weighted by molar-refractivity contribution is 0.861. The summed E-state index contributed by atoms with van der Waals surface area (Å²) in [5.74, 6) is 0.426. The van der Waals surface area contributed by atoms with Crippen molar-refractivity contribution in [2.75, 3.05) is 0 Å². The molecule has 0 aliphatic rings. The molecule has 3 heteroatoms. The molecule has 0 radical (unpaired) electrons. The summed E-state index contributed by atoms with van der Waals surface area (Å²) in [6.07, 6.45) is 0. The molecule has 66 valence electrons. The Morgan fingerprint density at radius 1 is 1.25 bits per heavy atom. The van der Waals surface area contributed by atoms with Crippen LogP contribution in [0.1, 0.15) is 25.3 Å². The summed E-state index contributed by atoms with van der Waals surface area (Å²) >= 11 is 15.2. The van der Waals surface area contributed by atoms with E-state index in [0.29, 0.717) is 16.0 Å². The molecule has 0 amide bonds. The summed E-state index contributed by atoms with van der Waals surface area (Å²) in [5, 5.41) is 1.36. The Morgan fingerprint density at radius 3 is 2.33 bits per heavy atom. The molecule has 1 aromatic carbocycles. The normalized spacial score (nSPS) is 10.8. The van der Waals surface area contributed by atoms with Gasteiger partial charge in [0.25, 0.3) is 0 Å². The van der Waals surface area contributed by atoms with Gasteiger partial charge < -0.3 is 0 Å². The highest BCUT2D eigenvalue weighted by atomic mass is 79.9. The number of halogens is 3. The molecule has 0 spiro atoms. The van der Waals surface area contributed by atoms with Gasteiger partial charge in [0.05, 0.1) is 5.02 Å². The Hall–Kier alpha value is 0.280. The topological polar surface area (TPSA) is 0 Å². The van der Waals surface area contributed by atoms with Gasteiger partial charge in [0.1, 0.15) is 0 Å². The summed E-state index contributed by atoms with van der Waals surface area (Å²) in [6, 6.07) is 3.67. The Morgan fingerprint density at radius 2 is 1.83 bits per heavy atom. The maximum Gasteiger partial charge on any atom is 0.0565 e. The molecule has 0 bridgehead atoms. The molecule has 0 aromatic heterocycles. The predicted molar refractivity (Wildman–Crippen MR) is 58.3 cm³/mol. The van der Waals surface area contributed by atoms with Crippen molar-refractivity contribution in [1.82, 2.24) is 0 Å². The first-order valence-electron chi connectivity index (χ1n) is 3.67. The lowest BCUT2D eigenvalue weighted by Crippen LogP contribution is -1.89. The van der Waals surface area contributed by atoms with Crippen molar-refractivity contribution in [2.45, 2.75) is 19.8 Å². The number of hydrogen-bond donors (Lipinski definition) is 0. The third-order valence-electron chi connectivity index (χ3n) is 1.64. The first-order chi connectivity index (χ1) is 5.52. The molecule has 0 fully saturated rings. The minimum Gasteiger partial charge on any atom is -0.0843 e. The van der Waals surface area contributed by atoms with Gasteiger partial charge in [-0.2, -0.15) is 0 Å². The van der Waals surface area contributed by atoms with Crippen molar-refractivity contribution in [2.24, 2.45) is 0 Å². The second-order valence-electron chi connectivity index (χ2n) is 2.95. The van der Waals surface area contributed by atoms with E-state index in [-0.39, 0.29) is 0 Å². The van der Waals surface area contributed by atoms with Crippen LogP contribution in [0.3, 0.4) is 0 Å². The molecule has 0 nitrogen and oxygen atoms in total. The predicted octanol–water partition coefficient (Wildman–Crippen LogP) is 4.88. The monoisotopic (exact) mass is 266 g/mol. The number of hydrogen-bond acceptors (Lipinski definition) is 0. The van der Waals surface area contributed by atoms with E-state index in [1.165, 1.54) is 0 Å². The van der Waals surface area contributed by atoms with Crippen molar-refractivity contribution in [3.63, 3.8) is 0 Å². The highest BCUT2D eigenvalue weighted by molar-refractivity contribution is 9.10. The second kappa shape index (κ2) is 3.99. The zero-order valence-corrected chi connectivity index (χ0v) is 9.96. The van der Waals surface area contributed by atoms with Gasteiger partial charge in [-0.05, 0) is 39.5 Å². The lowest BCUT2D eigenvalue weighted by atomic mass is 10.0. The van der Waals surface area contributed by atoms with Crippen LogP contribution in [-0.2, 0) is 0 Å². The molecule has 0 saturated carbocycles. The largest absolute Gasteiger partial charge is 0.0843 e. The number of rotatable bonds is 1. The zero-order valence-electron chi connectivity index (χ0n) is 6.87. The Balaban J connectivity index is 3.28. The maximum atomic E-state index is 5.93. The van der Waals surface area contributed by atoms with Crippen LogP contribution in [0.5, 0.6) is 0 Å². The van der Waals surface area contributed by atoms with E-state index in [9.17, 15) is 0 Å². The van der Waals surface area contributed by atoms with Crippen molar-refractivity contribution in [3.05, 3.63) is 32.2 Å². The minimum atomic E-state index is 0.426. The standard InChI is InChI=1S/C9H9BrCl2/c1-5(2)7-3-6(11)4-8(12)9(7)10/h3-5H,1-2H3. The smallest absolute Gasteiger partial charge is 0.0565 e. The molecular weight excluding hydrogens is 259 g/mol. The fourth-order valence-corrected chi connectivity index (χ4v) is 2.19. The summed E-state index contributed by atoms with van der Waals surface area (Å²) in [6.45, 7) is 4.21. The first-order valence-corrected chi connectivity index (χ1v) is 5.21. The van der Waals surface area contributed by atoms with Crippen LogP contribution < -0.4 is 0 Å². The van der Waals surface area contributed by atoms with Crippen molar-refractivity contribution in [3.8, 4) is 0 Å².